The van der Waals surface area contributed by atoms with Gasteiger partial charge in [-0.05, 0) is 59.5 Å². The highest BCUT2D eigenvalue weighted by Gasteiger charge is 2.40. The number of fused-ring (bicyclic) bond motifs is 1. The quantitative estimate of drug-likeness (QED) is 0.327. The predicted molar refractivity (Wildman–Crippen MR) is 124 cm³/mol. The lowest BCUT2D eigenvalue weighted by molar-refractivity contribution is -0.143. The molecule has 0 unspecified atom stereocenters. The molecule has 4 rings (SSSR count). The number of carbonyl (C=O) groups excluding carboxylic acids is 1. The number of amides is 1. The molecule has 1 amide bonds. The summed E-state index contributed by atoms with van der Waals surface area (Å²) in [5.74, 6) is -0.223. The molecule has 0 fully saturated rings. The monoisotopic (exact) mass is 543 g/mol. The summed E-state index contributed by atoms with van der Waals surface area (Å²) in [6, 6.07) is 9.88. The molecule has 0 radical (unpaired) electrons. The zero-order chi connectivity index (χ0) is 27.1. The molecule has 1 aliphatic rings. The number of hydrogen-bond donors (Lipinski definition) is 0. The van der Waals surface area contributed by atoms with Crippen LogP contribution >= 0.6 is 11.6 Å². The molecule has 4 nitrogen and oxygen atoms in total. The molecule has 0 aromatic heterocycles. The Hall–Kier alpha value is -3.40. The van der Waals surface area contributed by atoms with Crippen molar-refractivity contribution in [2.45, 2.75) is 24.8 Å². The van der Waals surface area contributed by atoms with E-state index in [4.69, 9.17) is 21.1 Å². The van der Waals surface area contributed by atoms with E-state index in [9.17, 15) is 31.1 Å². The first kappa shape index (κ1) is 26.7. The fourth-order valence-corrected chi connectivity index (χ4v) is 4.68. The summed E-state index contributed by atoms with van der Waals surface area (Å²) in [5, 5.41) is 0.271. The number of nitrogens with zero attached hydrogens (tertiary/aromatic N) is 1. The highest BCUT2D eigenvalue weighted by molar-refractivity contribution is 6.31. The van der Waals surface area contributed by atoms with E-state index in [1.165, 1.54) is 19.1 Å². The van der Waals surface area contributed by atoms with Crippen molar-refractivity contribution in [3.8, 4) is 11.5 Å². The Bertz CT molecular complexity index is 1310. The van der Waals surface area contributed by atoms with E-state index in [1.807, 2.05) is 0 Å². The van der Waals surface area contributed by atoms with Crippen molar-refractivity contribution in [1.82, 2.24) is 4.90 Å². The first-order chi connectivity index (χ1) is 17.3. The standard InChI is InChI=1S/C26H20ClF6NO3/c1-36-21-11-14-7-8-34(23(19(14)13-22(21)37-2)18-5-3-4-6-20(18)27)24(35)15-9-16(25(28,29)30)12-17(10-15)26(31,32)33/h3-6,9-13,23H,7-8H2,1-2H3/t23-/m0/s1. The molecular formula is C26H20ClF6NO3. The number of ether oxygens (including phenoxy) is 2. The van der Waals surface area contributed by atoms with Gasteiger partial charge in [0.15, 0.2) is 11.5 Å². The van der Waals surface area contributed by atoms with Crippen molar-refractivity contribution in [3.05, 3.63) is 93.0 Å². The SMILES string of the molecule is COc1cc2c(cc1OC)[C@H](c1ccccc1Cl)N(C(=O)c1cc(C(F)(F)F)cc(C(F)(F)F)c1)CC2. The lowest BCUT2D eigenvalue weighted by Gasteiger charge is -2.38. The summed E-state index contributed by atoms with van der Waals surface area (Å²) in [6.07, 6.45) is -9.90. The minimum absolute atomic E-state index is 0.00873. The van der Waals surface area contributed by atoms with Crippen LogP contribution in [0.3, 0.4) is 0 Å². The molecule has 0 aliphatic carbocycles. The Morgan fingerprint density at radius 1 is 0.865 bits per heavy atom. The smallest absolute Gasteiger partial charge is 0.416 e. The molecule has 11 heteroatoms. The maximum atomic E-state index is 13.6. The van der Waals surface area contributed by atoms with Crippen LogP contribution in [0.15, 0.2) is 54.6 Å². The van der Waals surface area contributed by atoms with E-state index in [1.54, 1.807) is 36.4 Å². The largest absolute Gasteiger partial charge is 0.493 e. The third-order valence-electron chi connectivity index (χ3n) is 6.17. The minimum Gasteiger partial charge on any atom is -0.493 e. The lowest BCUT2D eigenvalue weighted by atomic mass is 9.87. The van der Waals surface area contributed by atoms with E-state index in [-0.39, 0.29) is 24.1 Å². The van der Waals surface area contributed by atoms with Gasteiger partial charge < -0.3 is 14.4 Å². The normalized spacial score (nSPS) is 15.8. The van der Waals surface area contributed by atoms with Crippen molar-refractivity contribution in [2.75, 3.05) is 20.8 Å². The van der Waals surface area contributed by atoms with Crippen molar-refractivity contribution in [3.63, 3.8) is 0 Å². The topological polar surface area (TPSA) is 38.8 Å². The van der Waals surface area contributed by atoms with Crippen molar-refractivity contribution >= 4 is 17.5 Å². The zero-order valence-corrected chi connectivity index (χ0v) is 20.3. The summed E-state index contributed by atoms with van der Waals surface area (Å²) in [4.78, 5) is 14.9. The van der Waals surface area contributed by atoms with Crippen molar-refractivity contribution in [2.24, 2.45) is 0 Å². The molecular weight excluding hydrogens is 524 g/mol. The Kier molecular flexibility index (Phi) is 7.07. The Morgan fingerprint density at radius 3 is 1.97 bits per heavy atom. The summed E-state index contributed by atoms with van der Waals surface area (Å²) in [6.45, 7) is 0.00873. The highest BCUT2D eigenvalue weighted by Crippen LogP contribution is 2.44. The number of halogens is 7. The van der Waals surface area contributed by atoms with E-state index < -0.39 is 41.0 Å². The average Bonchev–Trinajstić information content (AvgIpc) is 2.85. The molecule has 0 bridgehead atoms. The molecule has 1 atom stereocenters. The van der Waals surface area contributed by atoms with Crippen LogP contribution in [0.1, 0.15) is 44.2 Å². The second-order valence-corrected chi connectivity index (χ2v) is 8.78. The second kappa shape index (κ2) is 9.81. The van der Waals surface area contributed by atoms with Crippen LogP contribution in [0, 0.1) is 0 Å². The highest BCUT2D eigenvalue weighted by atomic mass is 35.5. The molecule has 3 aromatic carbocycles. The minimum atomic E-state index is -5.09. The van der Waals surface area contributed by atoms with Gasteiger partial charge in [0.1, 0.15) is 0 Å². The van der Waals surface area contributed by atoms with Crippen molar-refractivity contribution in [1.29, 1.82) is 0 Å². The van der Waals surface area contributed by atoms with Crippen LogP contribution in [-0.4, -0.2) is 31.6 Å². The Balaban J connectivity index is 1.90. The molecule has 196 valence electrons. The van der Waals surface area contributed by atoms with Crippen LogP contribution < -0.4 is 9.47 Å². The number of rotatable bonds is 4. The summed E-state index contributed by atoms with van der Waals surface area (Å²) in [5.41, 5.74) is -2.08. The van der Waals surface area contributed by atoms with Gasteiger partial charge in [-0.2, -0.15) is 26.3 Å². The van der Waals surface area contributed by atoms with Crippen LogP contribution in [-0.2, 0) is 18.8 Å². The number of methoxy groups -OCH3 is 2. The number of carbonyl (C=O) groups is 1. The first-order valence-electron chi connectivity index (χ1n) is 10.9. The van der Waals surface area contributed by atoms with E-state index in [0.29, 0.717) is 34.8 Å². The van der Waals surface area contributed by atoms with Gasteiger partial charge in [0.25, 0.3) is 5.91 Å². The van der Waals surface area contributed by atoms with Gasteiger partial charge in [-0.15, -0.1) is 0 Å². The van der Waals surface area contributed by atoms with Crippen LogP contribution in [0.25, 0.3) is 0 Å². The average molecular weight is 544 g/mol. The summed E-state index contributed by atoms with van der Waals surface area (Å²) < 4.78 is 91.5. The fraction of sp³-hybridized carbons (Fsp3) is 0.269. The maximum Gasteiger partial charge on any atom is 0.416 e. The molecule has 1 aliphatic heterocycles. The van der Waals surface area contributed by atoms with Crippen LogP contribution in [0.5, 0.6) is 11.5 Å². The zero-order valence-electron chi connectivity index (χ0n) is 19.5. The molecule has 1 heterocycles. The molecule has 0 saturated carbocycles. The van der Waals surface area contributed by atoms with Gasteiger partial charge in [-0.1, -0.05) is 29.8 Å². The summed E-state index contributed by atoms with van der Waals surface area (Å²) in [7, 11) is 2.88. The molecule has 3 aromatic rings. The van der Waals surface area contributed by atoms with Crippen LogP contribution in [0.2, 0.25) is 5.02 Å². The third kappa shape index (κ3) is 5.20. The second-order valence-electron chi connectivity index (χ2n) is 8.37. The van der Waals surface area contributed by atoms with Gasteiger partial charge in [-0.25, -0.2) is 0 Å². The van der Waals surface area contributed by atoms with Crippen LogP contribution in [0.4, 0.5) is 26.3 Å². The molecule has 37 heavy (non-hydrogen) atoms. The van der Waals surface area contributed by atoms with Gasteiger partial charge in [0, 0.05) is 17.1 Å². The lowest BCUT2D eigenvalue weighted by Crippen LogP contribution is -2.41. The molecule has 0 saturated heterocycles. The number of benzene rings is 3. The van der Waals surface area contributed by atoms with Gasteiger partial charge >= 0.3 is 12.4 Å². The number of alkyl halides is 6. The fourth-order valence-electron chi connectivity index (χ4n) is 4.44. The summed E-state index contributed by atoms with van der Waals surface area (Å²) >= 11 is 6.45. The molecule has 0 spiro atoms. The van der Waals surface area contributed by atoms with Gasteiger partial charge in [0.2, 0.25) is 0 Å². The first-order valence-corrected chi connectivity index (χ1v) is 11.3. The van der Waals surface area contributed by atoms with E-state index in [2.05, 4.69) is 0 Å². The van der Waals surface area contributed by atoms with E-state index in [0.717, 1.165) is 5.56 Å². The van der Waals surface area contributed by atoms with E-state index >= 15 is 0 Å². The van der Waals surface area contributed by atoms with Crippen molar-refractivity contribution < 1.29 is 40.6 Å². The Morgan fingerprint density at radius 2 is 1.43 bits per heavy atom. The Labute approximate surface area is 213 Å². The van der Waals surface area contributed by atoms with Gasteiger partial charge in [0.05, 0.1) is 31.4 Å². The third-order valence-corrected chi connectivity index (χ3v) is 6.51. The predicted octanol–water partition coefficient (Wildman–Crippen LogP) is 7.18. The van der Waals surface area contributed by atoms with Gasteiger partial charge in [-0.3, -0.25) is 4.79 Å². The number of hydrogen-bond acceptors (Lipinski definition) is 3. The maximum absolute atomic E-state index is 13.6. The molecule has 0 N–H and O–H groups in total.